The number of aromatic amines is 1. The summed E-state index contributed by atoms with van der Waals surface area (Å²) in [6.07, 6.45) is 6.35. The minimum absolute atomic E-state index is 0.0412. The molecule has 15 nitrogen and oxygen atoms in total. The molecule has 0 aliphatic carbocycles. The number of rotatable bonds is 12. The summed E-state index contributed by atoms with van der Waals surface area (Å²) >= 11 is 0. The molecule has 0 amide bonds. The highest BCUT2D eigenvalue weighted by atomic mass is 16.7. The van der Waals surface area contributed by atoms with Gasteiger partial charge in [-0.3, -0.25) is 4.99 Å². The molecule has 0 aliphatic rings. The number of H-pyrrole nitrogens is 1. The first-order valence-electron chi connectivity index (χ1n) is 9.95. The summed E-state index contributed by atoms with van der Waals surface area (Å²) in [6.45, 7) is 0.336. The second-order valence-electron chi connectivity index (χ2n) is 7.13. The molecule has 0 spiro atoms. The van der Waals surface area contributed by atoms with Gasteiger partial charge in [0.2, 0.25) is 0 Å². The summed E-state index contributed by atoms with van der Waals surface area (Å²) in [6, 6.07) is -3.15. The van der Waals surface area contributed by atoms with Crippen molar-refractivity contribution < 1.29 is 24.0 Å². The highest BCUT2D eigenvalue weighted by Crippen LogP contribution is 2.04. The van der Waals surface area contributed by atoms with E-state index < -0.39 is 36.0 Å². The van der Waals surface area contributed by atoms with Gasteiger partial charge in [0.25, 0.3) is 0 Å². The van der Waals surface area contributed by atoms with E-state index in [0.29, 0.717) is 30.8 Å². The fraction of sp³-hybridized carbons (Fsp3) is 0.444. The number of nitrogens with one attached hydrogen (secondary N) is 1. The van der Waals surface area contributed by atoms with E-state index in [1.54, 1.807) is 0 Å². The lowest BCUT2D eigenvalue weighted by molar-refractivity contribution is -0.161. The van der Waals surface area contributed by atoms with Crippen LogP contribution < -0.4 is 33.5 Å². The Balaban J connectivity index is 1.77. The van der Waals surface area contributed by atoms with Gasteiger partial charge in [-0.05, 0) is 12.8 Å². The summed E-state index contributed by atoms with van der Waals surface area (Å²) < 4.78 is 5.77. The Morgan fingerprint density at radius 1 is 1.06 bits per heavy atom. The molecule has 2 rings (SSSR count). The van der Waals surface area contributed by atoms with Gasteiger partial charge in [-0.1, -0.05) is 0 Å². The Morgan fingerprint density at radius 3 is 2.39 bits per heavy atom. The van der Waals surface area contributed by atoms with Crippen LogP contribution in [0.15, 0.2) is 30.0 Å². The van der Waals surface area contributed by atoms with Crippen molar-refractivity contribution in [3.63, 3.8) is 0 Å². The number of hydrogen-bond donors (Lipinski definition) is 6. The molecule has 33 heavy (non-hydrogen) atoms. The SMILES string of the molecule is NC(N)=NCCC[C@H](N)C(=O)On1cnc(C[C@H](N)C(=O)OC(=O)[C@@H](N)Cc2cnc[nH]2)c1. The Morgan fingerprint density at radius 2 is 1.76 bits per heavy atom. The fourth-order valence-corrected chi connectivity index (χ4v) is 2.58. The molecule has 180 valence electrons. The molecule has 0 aromatic carbocycles. The molecule has 0 bridgehead atoms. The molecule has 15 heteroatoms. The van der Waals surface area contributed by atoms with Crippen LogP contribution in [0.25, 0.3) is 0 Å². The average molecular weight is 464 g/mol. The number of ether oxygens (including phenoxy) is 1. The van der Waals surface area contributed by atoms with E-state index in [-0.39, 0.29) is 18.8 Å². The number of aliphatic imine (C=N–C) groups is 1. The molecular formula is C18H28N10O5. The van der Waals surface area contributed by atoms with E-state index in [4.69, 9.17) is 38.2 Å². The van der Waals surface area contributed by atoms with Crippen LogP contribution in [0.4, 0.5) is 0 Å². The van der Waals surface area contributed by atoms with Gasteiger partial charge in [0, 0.05) is 31.3 Å². The van der Waals surface area contributed by atoms with E-state index in [1.807, 2.05) is 0 Å². The minimum Gasteiger partial charge on any atom is -0.391 e. The van der Waals surface area contributed by atoms with Gasteiger partial charge in [-0.2, -0.15) is 4.73 Å². The monoisotopic (exact) mass is 464 g/mol. The van der Waals surface area contributed by atoms with Crippen LogP contribution in [0.1, 0.15) is 24.2 Å². The maximum Gasteiger partial charge on any atom is 0.349 e. The minimum atomic E-state index is -1.19. The molecule has 0 unspecified atom stereocenters. The molecule has 0 saturated carbocycles. The van der Waals surface area contributed by atoms with E-state index in [1.165, 1.54) is 25.0 Å². The topological polar surface area (TPSA) is 259 Å². The highest BCUT2D eigenvalue weighted by Gasteiger charge is 2.25. The van der Waals surface area contributed by atoms with Crippen LogP contribution >= 0.6 is 0 Å². The molecule has 11 N–H and O–H groups in total. The summed E-state index contributed by atoms with van der Waals surface area (Å²) in [5, 5.41) is 0. The van der Waals surface area contributed by atoms with Crippen molar-refractivity contribution in [1.82, 2.24) is 19.7 Å². The van der Waals surface area contributed by atoms with E-state index in [2.05, 4.69) is 19.9 Å². The Bertz CT molecular complexity index is 954. The molecule has 0 aliphatic heterocycles. The lowest BCUT2D eigenvalue weighted by Crippen LogP contribution is -2.41. The second kappa shape index (κ2) is 12.3. The van der Waals surface area contributed by atoms with Crippen molar-refractivity contribution in [1.29, 1.82) is 0 Å². The zero-order valence-corrected chi connectivity index (χ0v) is 17.8. The van der Waals surface area contributed by atoms with Crippen molar-refractivity contribution in [3.8, 4) is 0 Å². The Hall–Kier alpha value is -3.82. The number of imidazole rings is 2. The molecule has 2 heterocycles. The fourth-order valence-electron chi connectivity index (χ4n) is 2.58. The number of esters is 2. The Labute approximate surface area is 188 Å². The summed E-state index contributed by atoms with van der Waals surface area (Å²) in [5.41, 5.74) is 28.7. The van der Waals surface area contributed by atoms with Crippen LogP contribution in [0.5, 0.6) is 0 Å². The zero-order chi connectivity index (χ0) is 24.4. The van der Waals surface area contributed by atoms with Gasteiger partial charge in [-0.15, -0.1) is 0 Å². The maximum atomic E-state index is 12.1. The molecule has 0 fully saturated rings. The van der Waals surface area contributed by atoms with Crippen LogP contribution in [0.3, 0.4) is 0 Å². The van der Waals surface area contributed by atoms with Gasteiger partial charge >= 0.3 is 17.9 Å². The number of guanidine groups is 1. The third kappa shape index (κ3) is 8.68. The second-order valence-corrected chi connectivity index (χ2v) is 7.13. The van der Waals surface area contributed by atoms with Crippen LogP contribution in [-0.4, -0.2) is 68.2 Å². The first kappa shape index (κ1) is 25.4. The smallest absolute Gasteiger partial charge is 0.349 e. The quantitative estimate of drug-likeness (QED) is 0.0586. The third-order valence-corrected chi connectivity index (χ3v) is 4.31. The molecule has 0 saturated heterocycles. The van der Waals surface area contributed by atoms with Crippen LogP contribution in [0, 0.1) is 0 Å². The number of carbonyl (C=O) groups excluding carboxylic acids is 3. The maximum absolute atomic E-state index is 12.1. The van der Waals surface area contributed by atoms with E-state index >= 15 is 0 Å². The first-order valence-corrected chi connectivity index (χ1v) is 9.95. The van der Waals surface area contributed by atoms with Crippen molar-refractivity contribution in [2.24, 2.45) is 33.7 Å². The standard InChI is InChI=1S/C18H28N10O5/c19-12(2-1-3-25-18(22)23)17(31)33-28-7-11(27-9-28)5-14(21)16(30)32-15(29)13(20)4-10-6-24-8-26-10/h6-9,12-14H,1-5,19-21H2,(H,24,26)(H4,22,23,25)/t12-,13-,14-/m0/s1. The molecule has 3 atom stereocenters. The first-order chi connectivity index (χ1) is 15.7. The zero-order valence-electron chi connectivity index (χ0n) is 17.8. The highest BCUT2D eigenvalue weighted by molar-refractivity contribution is 5.90. The van der Waals surface area contributed by atoms with E-state index in [9.17, 15) is 14.4 Å². The third-order valence-electron chi connectivity index (χ3n) is 4.31. The van der Waals surface area contributed by atoms with Gasteiger partial charge in [-0.25, -0.2) is 24.4 Å². The summed E-state index contributed by atoms with van der Waals surface area (Å²) in [5.74, 6) is -2.61. The predicted octanol–water partition coefficient (Wildman–Crippen LogP) is -3.55. The van der Waals surface area contributed by atoms with Crippen molar-refractivity contribution in [3.05, 3.63) is 36.4 Å². The number of nitrogens with zero attached hydrogens (tertiary/aromatic N) is 4. The summed E-state index contributed by atoms with van der Waals surface area (Å²) in [4.78, 5) is 55.6. The number of nitrogens with two attached hydrogens (primary N) is 5. The van der Waals surface area contributed by atoms with Gasteiger partial charge in [0.15, 0.2) is 5.96 Å². The van der Waals surface area contributed by atoms with Gasteiger partial charge in [0.1, 0.15) is 24.5 Å². The van der Waals surface area contributed by atoms with Crippen molar-refractivity contribution >= 4 is 23.9 Å². The van der Waals surface area contributed by atoms with Crippen molar-refractivity contribution in [2.75, 3.05) is 6.54 Å². The molecule has 2 aromatic rings. The average Bonchev–Trinajstić information content (AvgIpc) is 3.42. The number of hydrogen-bond acceptors (Lipinski definition) is 11. The van der Waals surface area contributed by atoms with Crippen molar-refractivity contribution in [2.45, 2.75) is 43.8 Å². The lowest BCUT2D eigenvalue weighted by Gasteiger charge is -2.12. The molecular weight excluding hydrogens is 436 g/mol. The predicted molar refractivity (Wildman–Crippen MR) is 115 cm³/mol. The van der Waals surface area contributed by atoms with E-state index in [0.717, 1.165) is 4.73 Å². The molecule has 2 aromatic heterocycles. The van der Waals surface area contributed by atoms with Crippen LogP contribution in [0.2, 0.25) is 0 Å². The van der Waals surface area contributed by atoms with Gasteiger partial charge in [0.05, 0.1) is 18.2 Å². The Kier molecular flexibility index (Phi) is 9.46. The molecule has 0 radical (unpaired) electrons. The van der Waals surface area contributed by atoms with Crippen LogP contribution in [-0.2, 0) is 32.0 Å². The normalized spacial score (nSPS) is 13.5. The largest absolute Gasteiger partial charge is 0.391 e. The lowest BCUT2D eigenvalue weighted by atomic mass is 10.1. The van der Waals surface area contributed by atoms with Gasteiger partial charge < -0.3 is 43.2 Å². The number of aromatic nitrogens is 4. The number of carbonyl (C=O) groups is 3. The summed E-state index contributed by atoms with van der Waals surface area (Å²) in [7, 11) is 0.